The van der Waals surface area contributed by atoms with Gasteiger partial charge in [0, 0.05) is 0 Å². The van der Waals surface area contributed by atoms with Gasteiger partial charge >= 0.3 is 5.97 Å². The normalized spacial score (nSPS) is 28.5. The van der Waals surface area contributed by atoms with Crippen LogP contribution in [0, 0.1) is 0 Å². The first kappa shape index (κ1) is 19.1. The van der Waals surface area contributed by atoms with Crippen LogP contribution in [-0.4, -0.2) is 54.1 Å². The summed E-state index contributed by atoms with van der Waals surface area (Å²) in [5.41, 5.74) is -0.125. The molecular weight excluding hydrogens is 334 g/mol. The third kappa shape index (κ3) is 4.19. The molecule has 0 aromatic heterocycles. The SMILES string of the molecule is CC(ON1C(C)(C)COC(=O)C1(C)C)C1=CC=C(OCC2CO2)C=CC1. The van der Waals surface area contributed by atoms with E-state index in [9.17, 15) is 4.79 Å². The van der Waals surface area contributed by atoms with Gasteiger partial charge in [0.05, 0.1) is 18.2 Å². The number of allylic oxidation sites excluding steroid dienone is 4. The van der Waals surface area contributed by atoms with E-state index >= 15 is 0 Å². The molecule has 144 valence electrons. The third-order valence-electron chi connectivity index (χ3n) is 4.83. The van der Waals surface area contributed by atoms with Crippen LogP contribution in [0.15, 0.2) is 35.6 Å². The lowest BCUT2D eigenvalue weighted by atomic mass is 9.94. The van der Waals surface area contributed by atoms with E-state index in [0.717, 1.165) is 24.4 Å². The molecule has 0 aromatic carbocycles. The van der Waals surface area contributed by atoms with Gasteiger partial charge in [-0.2, -0.15) is 5.06 Å². The van der Waals surface area contributed by atoms with Crippen LogP contribution in [-0.2, 0) is 23.8 Å². The lowest BCUT2D eigenvalue weighted by molar-refractivity contribution is -0.304. The zero-order valence-corrected chi connectivity index (χ0v) is 16.3. The predicted octanol–water partition coefficient (Wildman–Crippen LogP) is 2.91. The van der Waals surface area contributed by atoms with Crippen molar-refractivity contribution in [2.45, 2.75) is 64.3 Å². The molecule has 1 aliphatic carbocycles. The Kier molecular flexibility index (Phi) is 5.28. The zero-order chi connectivity index (χ0) is 18.9. The average Bonchev–Trinajstić information content (AvgIpc) is 3.40. The molecule has 0 radical (unpaired) electrons. The van der Waals surface area contributed by atoms with Gasteiger partial charge in [-0.15, -0.1) is 0 Å². The summed E-state index contributed by atoms with van der Waals surface area (Å²) in [5.74, 6) is 0.557. The Balaban J connectivity index is 1.68. The van der Waals surface area contributed by atoms with Gasteiger partial charge in [0.2, 0.25) is 0 Å². The molecule has 2 aliphatic heterocycles. The first-order valence-corrected chi connectivity index (χ1v) is 9.16. The van der Waals surface area contributed by atoms with Crippen molar-refractivity contribution in [1.82, 2.24) is 5.06 Å². The molecule has 0 amide bonds. The molecule has 2 atom stereocenters. The van der Waals surface area contributed by atoms with Crippen LogP contribution in [0.2, 0.25) is 0 Å². The van der Waals surface area contributed by atoms with E-state index in [1.54, 1.807) is 5.06 Å². The van der Waals surface area contributed by atoms with E-state index in [-0.39, 0.29) is 18.2 Å². The molecule has 2 unspecified atom stereocenters. The maximum atomic E-state index is 12.2. The second-order valence-corrected chi connectivity index (χ2v) is 8.17. The van der Waals surface area contributed by atoms with Crippen LogP contribution < -0.4 is 0 Å². The fourth-order valence-corrected chi connectivity index (χ4v) is 3.19. The van der Waals surface area contributed by atoms with Crippen LogP contribution >= 0.6 is 0 Å². The van der Waals surface area contributed by atoms with Gasteiger partial charge in [0.15, 0.2) is 0 Å². The van der Waals surface area contributed by atoms with E-state index < -0.39 is 11.1 Å². The first-order chi connectivity index (χ1) is 12.2. The Bertz CT molecular complexity index is 643. The highest BCUT2D eigenvalue weighted by molar-refractivity contribution is 5.80. The topological polar surface area (TPSA) is 60.5 Å². The Morgan fingerprint density at radius 1 is 1.31 bits per heavy atom. The number of carbonyl (C=O) groups is 1. The molecule has 0 saturated carbocycles. The molecule has 6 nitrogen and oxygen atoms in total. The van der Waals surface area contributed by atoms with Gasteiger partial charge in [-0.3, -0.25) is 4.84 Å². The smallest absolute Gasteiger partial charge is 0.328 e. The molecule has 0 aromatic rings. The molecule has 2 heterocycles. The molecule has 0 N–H and O–H groups in total. The van der Waals surface area contributed by atoms with Crippen molar-refractivity contribution in [3.05, 3.63) is 35.6 Å². The lowest BCUT2D eigenvalue weighted by Gasteiger charge is -2.50. The van der Waals surface area contributed by atoms with Crippen molar-refractivity contribution in [2.24, 2.45) is 0 Å². The van der Waals surface area contributed by atoms with Gasteiger partial charge < -0.3 is 14.2 Å². The summed E-state index contributed by atoms with van der Waals surface area (Å²) in [6, 6.07) is 0. The maximum Gasteiger partial charge on any atom is 0.328 e. The molecule has 3 aliphatic rings. The minimum Gasteiger partial charge on any atom is -0.491 e. The van der Waals surface area contributed by atoms with Crippen molar-refractivity contribution in [1.29, 1.82) is 0 Å². The van der Waals surface area contributed by atoms with Gasteiger partial charge in [0.1, 0.15) is 30.6 Å². The fourth-order valence-electron chi connectivity index (χ4n) is 3.19. The average molecular weight is 363 g/mol. The second-order valence-electron chi connectivity index (χ2n) is 8.17. The van der Waals surface area contributed by atoms with E-state index in [0.29, 0.717) is 13.2 Å². The van der Waals surface area contributed by atoms with Gasteiger partial charge in [-0.1, -0.05) is 12.2 Å². The number of morpholine rings is 1. The molecule has 2 fully saturated rings. The first-order valence-electron chi connectivity index (χ1n) is 9.16. The summed E-state index contributed by atoms with van der Waals surface area (Å²) in [7, 11) is 0. The standard InChI is InChI=1S/C20H29NO5/c1-14(26-21-19(2,3)13-25-18(22)20(21,4)5)15-7-6-8-16(10-9-15)23-11-17-12-24-17/h6,8-10,14,17H,7,11-13H2,1-5H3. The van der Waals surface area contributed by atoms with Crippen LogP contribution in [0.5, 0.6) is 0 Å². The van der Waals surface area contributed by atoms with E-state index in [2.05, 4.69) is 6.08 Å². The highest BCUT2D eigenvalue weighted by Gasteiger charge is 2.50. The summed E-state index contributed by atoms with van der Waals surface area (Å²) < 4.78 is 16.2. The van der Waals surface area contributed by atoms with E-state index in [1.165, 1.54) is 0 Å². The number of carbonyl (C=O) groups excluding carboxylic acids is 1. The Morgan fingerprint density at radius 3 is 2.73 bits per heavy atom. The number of cyclic esters (lactones) is 1. The van der Waals surface area contributed by atoms with E-state index in [1.807, 2.05) is 52.8 Å². The summed E-state index contributed by atoms with van der Waals surface area (Å²) in [5, 5.41) is 1.79. The summed E-state index contributed by atoms with van der Waals surface area (Å²) in [6.45, 7) is 11.4. The van der Waals surface area contributed by atoms with Crippen molar-refractivity contribution >= 4 is 5.97 Å². The zero-order valence-electron chi connectivity index (χ0n) is 16.3. The number of nitrogens with zero attached hydrogens (tertiary/aromatic N) is 1. The largest absolute Gasteiger partial charge is 0.491 e. The third-order valence-corrected chi connectivity index (χ3v) is 4.83. The predicted molar refractivity (Wildman–Crippen MR) is 97.1 cm³/mol. The van der Waals surface area contributed by atoms with Gasteiger partial charge in [-0.25, -0.2) is 4.79 Å². The second kappa shape index (κ2) is 7.18. The minimum atomic E-state index is -0.842. The number of rotatable bonds is 6. The van der Waals surface area contributed by atoms with Crippen LogP contribution in [0.1, 0.15) is 41.0 Å². The molecule has 0 bridgehead atoms. The quantitative estimate of drug-likeness (QED) is 0.534. The highest BCUT2D eigenvalue weighted by atomic mass is 16.7. The highest BCUT2D eigenvalue weighted by Crippen LogP contribution is 2.34. The number of hydrogen-bond donors (Lipinski definition) is 0. The Hall–Kier alpha value is -1.63. The molecule has 2 saturated heterocycles. The Morgan fingerprint density at radius 2 is 2.04 bits per heavy atom. The number of esters is 1. The molecule has 26 heavy (non-hydrogen) atoms. The number of hydrogen-bond acceptors (Lipinski definition) is 6. The van der Waals surface area contributed by atoms with Crippen LogP contribution in [0.3, 0.4) is 0 Å². The van der Waals surface area contributed by atoms with Crippen molar-refractivity contribution in [2.75, 3.05) is 19.8 Å². The van der Waals surface area contributed by atoms with Gasteiger partial charge in [0.25, 0.3) is 0 Å². The number of ether oxygens (including phenoxy) is 3. The molecule has 0 spiro atoms. The minimum absolute atomic E-state index is 0.175. The number of hydroxylamine groups is 2. The monoisotopic (exact) mass is 363 g/mol. The summed E-state index contributed by atoms with van der Waals surface area (Å²) in [4.78, 5) is 18.5. The molecular formula is C20H29NO5. The molecule has 3 rings (SSSR count). The number of epoxide rings is 1. The fraction of sp³-hybridized carbons (Fsp3) is 0.650. The van der Waals surface area contributed by atoms with E-state index in [4.69, 9.17) is 19.0 Å². The summed E-state index contributed by atoms with van der Waals surface area (Å²) >= 11 is 0. The van der Waals surface area contributed by atoms with Crippen LogP contribution in [0.4, 0.5) is 0 Å². The summed E-state index contributed by atoms with van der Waals surface area (Å²) in [6.07, 6.45) is 8.87. The van der Waals surface area contributed by atoms with Crippen molar-refractivity contribution in [3.63, 3.8) is 0 Å². The van der Waals surface area contributed by atoms with Crippen LogP contribution in [0.25, 0.3) is 0 Å². The lowest BCUT2D eigenvalue weighted by Crippen LogP contribution is -2.66. The van der Waals surface area contributed by atoms with Gasteiger partial charge in [-0.05, 0) is 58.8 Å². The maximum absolute atomic E-state index is 12.2. The Labute approximate surface area is 155 Å². The molecule has 6 heteroatoms. The van der Waals surface area contributed by atoms with Crippen molar-refractivity contribution in [3.8, 4) is 0 Å². The van der Waals surface area contributed by atoms with Crippen molar-refractivity contribution < 1.29 is 23.8 Å².